The first kappa shape index (κ1) is 9.98. The summed E-state index contributed by atoms with van der Waals surface area (Å²) in [6, 6.07) is 6.40. The third-order valence-electron chi connectivity index (χ3n) is 1.49. The average Bonchev–Trinajstić information content (AvgIpc) is 2.21. The van der Waals surface area contributed by atoms with Crippen LogP contribution in [-0.2, 0) is 9.59 Å². The van der Waals surface area contributed by atoms with E-state index in [1.54, 1.807) is 24.3 Å². The standard InChI is InChI=1S/C10H9NO3/c1-2-10(13)11-8-3-5-9(6-4-8)14-7-12/h2-7H,1H2,(H,11,13). The summed E-state index contributed by atoms with van der Waals surface area (Å²) < 4.78 is 4.58. The third-order valence-corrected chi connectivity index (χ3v) is 1.49. The van der Waals surface area contributed by atoms with Gasteiger partial charge in [0.2, 0.25) is 5.91 Å². The molecule has 0 saturated heterocycles. The van der Waals surface area contributed by atoms with E-state index in [9.17, 15) is 9.59 Å². The molecule has 1 aromatic carbocycles. The molecular formula is C10H9NO3. The van der Waals surface area contributed by atoms with Gasteiger partial charge in [0.05, 0.1) is 0 Å². The molecular weight excluding hydrogens is 182 g/mol. The molecule has 0 aliphatic rings. The Bertz CT molecular complexity index is 343. The van der Waals surface area contributed by atoms with Gasteiger partial charge in [-0.15, -0.1) is 0 Å². The number of carbonyl (C=O) groups is 2. The van der Waals surface area contributed by atoms with Crippen molar-refractivity contribution in [1.29, 1.82) is 0 Å². The van der Waals surface area contributed by atoms with E-state index in [1.165, 1.54) is 6.08 Å². The zero-order valence-electron chi connectivity index (χ0n) is 7.40. The van der Waals surface area contributed by atoms with Crippen molar-refractivity contribution in [1.82, 2.24) is 0 Å². The number of rotatable bonds is 4. The van der Waals surface area contributed by atoms with Crippen LogP contribution in [0.1, 0.15) is 0 Å². The number of anilines is 1. The van der Waals surface area contributed by atoms with E-state index in [0.29, 0.717) is 17.9 Å². The molecule has 4 nitrogen and oxygen atoms in total. The molecule has 4 heteroatoms. The highest BCUT2D eigenvalue weighted by molar-refractivity contribution is 5.98. The van der Waals surface area contributed by atoms with Gasteiger partial charge in [0.25, 0.3) is 6.47 Å². The van der Waals surface area contributed by atoms with Crippen molar-refractivity contribution in [3.8, 4) is 5.75 Å². The second-order valence-corrected chi connectivity index (χ2v) is 2.43. The lowest BCUT2D eigenvalue weighted by Crippen LogP contribution is -2.06. The summed E-state index contributed by atoms with van der Waals surface area (Å²) in [5, 5.41) is 2.56. The average molecular weight is 191 g/mol. The number of nitrogens with one attached hydrogen (secondary N) is 1. The predicted molar refractivity (Wildman–Crippen MR) is 52.0 cm³/mol. The van der Waals surface area contributed by atoms with Crippen LogP contribution >= 0.6 is 0 Å². The minimum Gasteiger partial charge on any atom is -0.429 e. The first-order valence-electron chi connectivity index (χ1n) is 3.90. The van der Waals surface area contributed by atoms with Crippen LogP contribution < -0.4 is 10.1 Å². The van der Waals surface area contributed by atoms with Gasteiger partial charge in [0.15, 0.2) is 0 Å². The fraction of sp³-hybridized carbons (Fsp3) is 0. The van der Waals surface area contributed by atoms with E-state index in [2.05, 4.69) is 16.6 Å². The maximum Gasteiger partial charge on any atom is 0.298 e. The van der Waals surface area contributed by atoms with Gasteiger partial charge >= 0.3 is 0 Å². The van der Waals surface area contributed by atoms with Crippen molar-refractivity contribution >= 4 is 18.1 Å². The molecule has 0 bridgehead atoms. The molecule has 0 aliphatic heterocycles. The van der Waals surface area contributed by atoms with E-state index in [4.69, 9.17) is 0 Å². The Morgan fingerprint density at radius 1 is 1.36 bits per heavy atom. The molecule has 0 radical (unpaired) electrons. The summed E-state index contributed by atoms with van der Waals surface area (Å²) in [5.74, 6) is 0.144. The molecule has 0 aliphatic carbocycles. The Balaban J connectivity index is 2.68. The highest BCUT2D eigenvalue weighted by atomic mass is 16.5. The Kier molecular flexibility index (Phi) is 3.43. The summed E-state index contributed by atoms with van der Waals surface area (Å²) in [5.41, 5.74) is 0.619. The summed E-state index contributed by atoms with van der Waals surface area (Å²) >= 11 is 0. The van der Waals surface area contributed by atoms with E-state index >= 15 is 0 Å². The highest BCUT2D eigenvalue weighted by Gasteiger charge is 1.97. The zero-order valence-corrected chi connectivity index (χ0v) is 7.40. The van der Waals surface area contributed by atoms with Crippen LogP contribution in [0.2, 0.25) is 0 Å². The lowest BCUT2D eigenvalue weighted by Gasteiger charge is -2.02. The van der Waals surface area contributed by atoms with Crippen molar-refractivity contribution in [2.24, 2.45) is 0 Å². The summed E-state index contributed by atoms with van der Waals surface area (Å²) in [7, 11) is 0. The number of ether oxygens (including phenoxy) is 1. The normalized spacial score (nSPS) is 8.86. The lowest BCUT2D eigenvalue weighted by atomic mass is 10.3. The molecule has 0 saturated carbocycles. The van der Waals surface area contributed by atoms with Crippen LogP contribution in [0.15, 0.2) is 36.9 Å². The van der Waals surface area contributed by atoms with Gasteiger partial charge in [0.1, 0.15) is 5.75 Å². The quantitative estimate of drug-likeness (QED) is 0.577. The molecule has 0 unspecified atom stereocenters. The van der Waals surface area contributed by atoms with E-state index in [0.717, 1.165) is 0 Å². The third kappa shape index (κ3) is 2.75. The van der Waals surface area contributed by atoms with Gasteiger partial charge in [-0.05, 0) is 30.3 Å². The Labute approximate surface area is 81.2 Å². The van der Waals surface area contributed by atoms with Gasteiger partial charge < -0.3 is 10.1 Å². The maximum atomic E-state index is 10.9. The van der Waals surface area contributed by atoms with Crippen molar-refractivity contribution in [2.45, 2.75) is 0 Å². The minimum absolute atomic E-state index is 0.283. The van der Waals surface area contributed by atoms with E-state index in [1.807, 2.05) is 0 Å². The highest BCUT2D eigenvalue weighted by Crippen LogP contribution is 2.14. The van der Waals surface area contributed by atoms with Crippen LogP contribution in [0, 0.1) is 0 Å². The number of hydrogen-bond donors (Lipinski definition) is 1. The second-order valence-electron chi connectivity index (χ2n) is 2.43. The fourth-order valence-electron chi connectivity index (χ4n) is 0.866. The lowest BCUT2D eigenvalue weighted by molar-refractivity contribution is -0.120. The second kappa shape index (κ2) is 4.81. The number of benzene rings is 1. The maximum absolute atomic E-state index is 10.9. The van der Waals surface area contributed by atoms with E-state index in [-0.39, 0.29) is 5.91 Å². The van der Waals surface area contributed by atoms with Crippen LogP contribution in [0.3, 0.4) is 0 Å². The fourth-order valence-corrected chi connectivity index (χ4v) is 0.866. The Hall–Kier alpha value is -2.10. The smallest absolute Gasteiger partial charge is 0.298 e. The van der Waals surface area contributed by atoms with Crippen molar-refractivity contribution in [3.63, 3.8) is 0 Å². The van der Waals surface area contributed by atoms with Crippen LogP contribution in [0.4, 0.5) is 5.69 Å². The summed E-state index contributed by atoms with van der Waals surface area (Å²) in [4.78, 5) is 20.9. The number of amides is 1. The molecule has 72 valence electrons. The summed E-state index contributed by atoms with van der Waals surface area (Å²) in [6.07, 6.45) is 1.18. The van der Waals surface area contributed by atoms with Crippen molar-refractivity contribution < 1.29 is 14.3 Å². The largest absolute Gasteiger partial charge is 0.429 e. The number of hydrogen-bond acceptors (Lipinski definition) is 3. The first-order valence-corrected chi connectivity index (χ1v) is 3.90. The Morgan fingerprint density at radius 2 is 2.00 bits per heavy atom. The summed E-state index contributed by atoms with van der Waals surface area (Å²) in [6.45, 7) is 3.67. The van der Waals surface area contributed by atoms with Crippen LogP contribution in [-0.4, -0.2) is 12.4 Å². The molecule has 0 spiro atoms. The van der Waals surface area contributed by atoms with Crippen molar-refractivity contribution in [3.05, 3.63) is 36.9 Å². The molecule has 1 N–H and O–H groups in total. The minimum atomic E-state index is -0.283. The molecule has 14 heavy (non-hydrogen) atoms. The predicted octanol–water partition coefficient (Wildman–Crippen LogP) is 1.35. The zero-order chi connectivity index (χ0) is 10.4. The van der Waals surface area contributed by atoms with Gasteiger partial charge in [-0.3, -0.25) is 9.59 Å². The van der Waals surface area contributed by atoms with Gasteiger partial charge in [0, 0.05) is 5.69 Å². The van der Waals surface area contributed by atoms with E-state index < -0.39 is 0 Å². The molecule has 0 atom stereocenters. The topological polar surface area (TPSA) is 55.4 Å². The molecule has 0 fully saturated rings. The SMILES string of the molecule is C=CC(=O)Nc1ccc(OC=O)cc1. The van der Waals surface area contributed by atoms with Crippen LogP contribution in [0.5, 0.6) is 5.75 Å². The van der Waals surface area contributed by atoms with Gasteiger partial charge in [-0.25, -0.2) is 0 Å². The molecule has 1 amide bonds. The number of carbonyl (C=O) groups excluding carboxylic acids is 2. The van der Waals surface area contributed by atoms with Gasteiger partial charge in [-0.2, -0.15) is 0 Å². The van der Waals surface area contributed by atoms with Crippen molar-refractivity contribution in [2.75, 3.05) is 5.32 Å². The van der Waals surface area contributed by atoms with Crippen LogP contribution in [0.25, 0.3) is 0 Å². The molecule has 1 aromatic rings. The molecule has 1 rings (SSSR count). The Morgan fingerprint density at radius 3 is 2.50 bits per heavy atom. The first-order chi connectivity index (χ1) is 6.76. The van der Waals surface area contributed by atoms with Gasteiger partial charge in [-0.1, -0.05) is 6.58 Å². The monoisotopic (exact) mass is 191 g/mol. The molecule has 0 aromatic heterocycles. The molecule has 0 heterocycles.